The smallest absolute Gasteiger partial charge is 0.0701 e. The van der Waals surface area contributed by atoms with Crippen LogP contribution in [0.2, 0.25) is 0 Å². The fourth-order valence-corrected chi connectivity index (χ4v) is 2.99. The first kappa shape index (κ1) is 9.69. The molecule has 1 aliphatic rings. The lowest BCUT2D eigenvalue weighted by atomic mass is 10.1. The Morgan fingerprint density at radius 2 is 2.31 bits per heavy atom. The minimum atomic E-state index is -0.0547. The van der Waals surface area contributed by atoms with Gasteiger partial charge in [-0.05, 0) is 59.7 Å². The lowest BCUT2D eigenvalue weighted by Gasteiger charge is -2.06. The van der Waals surface area contributed by atoms with E-state index < -0.39 is 0 Å². The molecular formula is C10H13BrOS. The number of rotatable bonds is 4. The Labute approximate surface area is 90.9 Å². The topological polar surface area (TPSA) is 20.2 Å². The quantitative estimate of drug-likeness (QED) is 0.882. The molecule has 13 heavy (non-hydrogen) atoms. The van der Waals surface area contributed by atoms with Crippen molar-refractivity contribution in [2.24, 2.45) is 5.92 Å². The summed E-state index contributed by atoms with van der Waals surface area (Å²) in [5.41, 5.74) is 0. The van der Waals surface area contributed by atoms with E-state index >= 15 is 0 Å². The zero-order chi connectivity index (χ0) is 9.26. The van der Waals surface area contributed by atoms with Crippen molar-refractivity contribution < 1.29 is 5.11 Å². The summed E-state index contributed by atoms with van der Waals surface area (Å²) >= 11 is 5.20. The lowest BCUT2D eigenvalue weighted by molar-refractivity contribution is 0.142. The molecule has 0 bridgehead atoms. The molecule has 1 aliphatic carbocycles. The normalized spacial score (nSPS) is 18.9. The Hall–Kier alpha value is 0.140. The summed E-state index contributed by atoms with van der Waals surface area (Å²) < 4.78 is 1.18. The number of hydrogen-bond acceptors (Lipinski definition) is 2. The van der Waals surface area contributed by atoms with Gasteiger partial charge < -0.3 is 5.11 Å². The fourth-order valence-electron chi connectivity index (χ4n) is 1.49. The van der Waals surface area contributed by atoms with Crippen molar-refractivity contribution in [1.82, 2.24) is 0 Å². The molecule has 0 aliphatic heterocycles. The van der Waals surface area contributed by atoms with Crippen molar-refractivity contribution in [3.8, 4) is 0 Å². The van der Waals surface area contributed by atoms with Crippen LogP contribution in [0.5, 0.6) is 0 Å². The number of aryl methyl sites for hydroxylation is 1. The Kier molecular flexibility index (Phi) is 3.06. The van der Waals surface area contributed by atoms with E-state index in [1.807, 2.05) is 0 Å². The van der Waals surface area contributed by atoms with Gasteiger partial charge in [-0.15, -0.1) is 11.3 Å². The molecule has 1 unspecified atom stereocenters. The largest absolute Gasteiger partial charge is 0.393 e. The first-order chi connectivity index (χ1) is 6.25. The molecule has 0 amide bonds. The second-order valence-electron chi connectivity index (χ2n) is 3.65. The monoisotopic (exact) mass is 260 g/mol. The molecule has 0 spiro atoms. The maximum absolute atomic E-state index is 9.65. The van der Waals surface area contributed by atoms with Gasteiger partial charge in [-0.25, -0.2) is 0 Å². The second kappa shape index (κ2) is 4.11. The van der Waals surface area contributed by atoms with E-state index in [0.29, 0.717) is 5.92 Å². The third-order valence-corrected chi connectivity index (χ3v) is 4.16. The van der Waals surface area contributed by atoms with Gasteiger partial charge in [0, 0.05) is 4.88 Å². The van der Waals surface area contributed by atoms with Crippen LogP contribution in [-0.4, -0.2) is 11.2 Å². The molecule has 1 N–H and O–H groups in total. The zero-order valence-electron chi connectivity index (χ0n) is 7.37. The molecule has 1 saturated carbocycles. The summed E-state index contributed by atoms with van der Waals surface area (Å²) in [5, 5.41) is 9.65. The summed E-state index contributed by atoms with van der Waals surface area (Å²) in [7, 11) is 0. The molecular weight excluding hydrogens is 248 g/mol. The molecule has 3 heteroatoms. The summed E-state index contributed by atoms with van der Waals surface area (Å²) in [5.74, 6) is 0.614. The van der Waals surface area contributed by atoms with E-state index in [1.165, 1.54) is 21.5 Å². The van der Waals surface area contributed by atoms with Crippen LogP contribution in [-0.2, 0) is 6.42 Å². The van der Waals surface area contributed by atoms with E-state index in [0.717, 1.165) is 12.8 Å². The van der Waals surface area contributed by atoms with Gasteiger partial charge in [0.05, 0.1) is 9.89 Å². The van der Waals surface area contributed by atoms with Gasteiger partial charge in [-0.3, -0.25) is 0 Å². The third-order valence-electron chi connectivity index (χ3n) is 2.48. The molecule has 0 saturated heterocycles. The average molecular weight is 261 g/mol. The van der Waals surface area contributed by atoms with Crippen LogP contribution in [0, 0.1) is 5.92 Å². The molecule has 1 nitrogen and oxygen atoms in total. The van der Waals surface area contributed by atoms with Crippen LogP contribution < -0.4 is 0 Å². The summed E-state index contributed by atoms with van der Waals surface area (Å²) in [6.45, 7) is 0. The SMILES string of the molecule is OC(CCc1ccc(Br)s1)C1CC1. The Morgan fingerprint density at radius 3 is 2.85 bits per heavy atom. The number of aliphatic hydroxyl groups excluding tert-OH is 1. The fraction of sp³-hybridized carbons (Fsp3) is 0.600. The van der Waals surface area contributed by atoms with Crippen molar-refractivity contribution in [2.45, 2.75) is 31.8 Å². The third kappa shape index (κ3) is 2.79. The predicted molar refractivity (Wildman–Crippen MR) is 59.1 cm³/mol. The van der Waals surface area contributed by atoms with Crippen molar-refractivity contribution >= 4 is 27.3 Å². The molecule has 0 aromatic carbocycles. The predicted octanol–water partition coefficient (Wildman–Crippen LogP) is 3.21. The van der Waals surface area contributed by atoms with Gasteiger partial charge in [0.2, 0.25) is 0 Å². The first-order valence-electron chi connectivity index (χ1n) is 4.68. The number of hydrogen-bond donors (Lipinski definition) is 1. The van der Waals surface area contributed by atoms with E-state index in [4.69, 9.17) is 0 Å². The Balaban J connectivity index is 1.78. The van der Waals surface area contributed by atoms with Gasteiger partial charge in [0.15, 0.2) is 0 Å². The van der Waals surface area contributed by atoms with Crippen LogP contribution in [0.15, 0.2) is 15.9 Å². The van der Waals surface area contributed by atoms with E-state index in [9.17, 15) is 5.11 Å². The van der Waals surface area contributed by atoms with Gasteiger partial charge in [-0.1, -0.05) is 0 Å². The van der Waals surface area contributed by atoms with Gasteiger partial charge in [0.1, 0.15) is 0 Å². The highest BCUT2D eigenvalue weighted by Gasteiger charge is 2.29. The van der Waals surface area contributed by atoms with Crippen molar-refractivity contribution in [1.29, 1.82) is 0 Å². The molecule has 2 rings (SSSR count). The van der Waals surface area contributed by atoms with Crippen LogP contribution in [0.25, 0.3) is 0 Å². The Bertz CT molecular complexity index is 280. The minimum Gasteiger partial charge on any atom is -0.393 e. The molecule has 0 radical (unpaired) electrons. The molecule has 1 heterocycles. The van der Waals surface area contributed by atoms with Crippen LogP contribution in [0.1, 0.15) is 24.1 Å². The maximum Gasteiger partial charge on any atom is 0.0701 e. The van der Waals surface area contributed by atoms with Crippen LogP contribution in [0.3, 0.4) is 0 Å². The average Bonchev–Trinajstić information content (AvgIpc) is 2.87. The number of halogens is 1. The zero-order valence-corrected chi connectivity index (χ0v) is 9.77. The van der Waals surface area contributed by atoms with E-state index in [2.05, 4.69) is 28.1 Å². The lowest BCUT2D eigenvalue weighted by Crippen LogP contribution is -2.09. The highest BCUT2D eigenvalue weighted by atomic mass is 79.9. The molecule has 1 fully saturated rings. The standard InChI is InChI=1S/C10H13BrOS/c11-10-6-4-8(13-10)3-5-9(12)7-1-2-7/h4,6-7,9,12H,1-3,5H2. The van der Waals surface area contributed by atoms with Crippen LogP contribution in [0.4, 0.5) is 0 Å². The molecule has 1 aromatic heterocycles. The van der Waals surface area contributed by atoms with E-state index in [-0.39, 0.29) is 6.10 Å². The van der Waals surface area contributed by atoms with Gasteiger partial charge in [-0.2, -0.15) is 0 Å². The van der Waals surface area contributed by atoms with Crippen molar-refractivity contribution in [3.05, 3.63) is 20.8 Å². The second-order valence-corrected chi connectivity index (χ2v) is 6.20. The maximum atomic E-state index is 9.65. The minimum absolute atomic E-state index is 0.0547. The summed E-state index contributed by atoms with van der Waals surface area (Å²) in [4.78, 5) is 1.37. The molecule has 72 valence electrons. The summed E-state index contributed by atoms with van der Waals surface area (Å²) in [6, 6.07) is 4.21. The number of aliphatic hydroxyl groups is 1. The number of thiophene rings is 1. The molecule has 1 atom stereocenters. The highest BCUT2D eigenvalue weighted by molar-refractivity contribution is 9.11. The van der Waals surface area contributed by atoms with Gasteiger partial charge in [0.25, 0.3) is 0 Å². The van der Waals surface area contributed by atoms with Crippen molar-refractivity contribution in [3.63, 3.8) is 0 Å². The van der Waals surface area contributed by atoms with Crippen LogP contribution >= 0.6 is 27.3 Å². The first-order valence-corrected chi connectivity index (χ1v) is 6.29. The Morgan fingerprint density at radius 1 is 1.54 bits per heavy atom. The summed E-state index contributed by atoms with van der Waals surface area (Å²) in [6.07, 6.45) is 4.36. The van der Waals surface area contributed by atoms with Gasteiger partial charge >= 0.3 is 0 Å². The molecule has 1 aromatic rings. The van der Waals surface area contributed by atoms with E-state index in [1.54, 1.807) is 11.3 Å². The highest BCUT2D eigenvalue weighted by Crippen LogP contribution is 2.34. The van der Waals surface area contributed by atoms with Crippen molar-refractivity contribution in [2.75, 3.05) is 0 Å².